The molecule has 2 heterocycles. The van der Waals surface area contributed by atoms with Gasteiger partial charge in [-0.1, -0.05) is 13.0 Å². The van der Waals surface area contributed by atoms with Crippen LogP contribution in [0.2, 0.25) is 0 Å². The zero-order valence-electron chi connectivity index (χ0n) is 11.2. The fourth-order valence-corrected chi connectivity index (χ4v) is 2.78. The second-order valence-electron chi connectivity index (χ2n) is 5.52. The maximum Gasteiger partial charge on any atom is 0.255 e. The van der Waals surface area contributed by atoms with Gasteiger partial charge in [0.25, 0.3) is 5.91 Å². The van der Waals surface area contributed by atoms with Gasteiger partial charge in [0, 0.05) is 12.2 Å². The molecule has 19 heavy (non-hydrogen) atoms. The van der Waals surface area contributed by atoms with E-state index >= 15 is 0 Å². The summed E-state index contributed by atoms with van der Waals surface area (Å²) >= 11 is 0. The predicted octanol–water partition coefficient (Wildman–Crippen LogP) is 2.64. The first-order valence-electron chi connectivity index (χ1n) is 6.97. The van der Waals surface area contributed by atoms with Gasteiger partial charge in [0.2, 0.25) is 0 Å². The van der Waals surface area contributed by atoms with E-state index < -0.39 is 0 Å². The number of nitrogens with one attached hydrogen (secondary N) is 1. The summed E-state index contributed by atoms with van der Waals surface area (Å²) in [6, 6.07) is 6.08. The van der Waals surface area contributed by atoms with Crippen LogP contribution in [0.5, 0.6) is 0 Å². The molecule has 1 saturated carbocycles. The molecule has 0 radical (unpaired) electrons. The van der Waals surface area contributed by atoms with E-state index in [1.54, 1.807) is 10.7 Å². The van der Waals surface area contributed by atoms with Gasteiger partial charge in [0.05, 0.1) is 17.3 Å². The number of nitrogens with zero attached hydrogens (tertiary/aromatic N) is 2. The van der Waals surface area contributed by atoms with Crippen LogP contribution >= 0.6 is 0 Å². The molecule has 1 fully saturated rings. The zero-order valence-corrected chi connectivity index (χ0v) is 11.2. The Morgan fingerprint density at radius 2 is 2.11 bits per heavy atom. The van der Waals surface area contributed by atoms with Crippen molar-refractivity contribution in [2.45, 2.75) is 38.6 Å². The van der Waals surface area contributed by atoms with Gasteiger partial charge in [-0.15, -0.1) is 0 Å². The summed E-state index contributed by atoms with van der Waals surface area (Å²) in [4.78, 5) is 12.3. The molecule has 1 aliphatic rings. The molecule has 3 rings (SSSR count). The predicted molar refractivity (Wildman–Crippen MR) is 74.1 cm³/mol. The van der Waals surface area contributed by atoms with Crippen molar-refractivity contribution in [2.24, 2.45) is 5.92 Å². The Kier molecular flexibility index (Phi) is 3.23. The molecule has 0 unspecified atom stereocenters. The summed E-state index contributed by atoms with van der Waals surface area (Å²) in [5.41, 5.74) is 1.53. The number of amides is 1. The molecule has 0 spiro atoms. The highest BCUT2D eigenvalue weighted by atomic mass is 16.1. The molecule has 0 atom stereocenters. The number of pyridine rings is 1. The second kappa shape index (κ2) is 5.03. The van der Waals surface area contributed by atoms with Gasteiger partial charge in [0.1, 0.15) is 0 Å². The molecule has 1 aliphatic carbocycles. The summed E-state index contributed by atoms with van der Waals surface area (Å²) in [5, 5.41) is 7.34. The molecule has 0 aromatic carbocycles. The molecule has 2 aromatic heterocycles. The lowest BCUT2D eigenvalue weighted by atomic mass is 9.87. The lowest BCUT2D eigenvalue weighted by molar-refractivity contribution is 0.0924. The van der Waals surface area contributed by atoms with Gasteiger partial charge in [-0.05, 0) is 43.7 Å². The van der Waals surface area contributed by atoms with E-state index in [2.05, 4.69) is 17.3 Å². The van der Waals surface area contributed by atoms with Crippen molar-refractivity contribution < 1.29 is 4.79 Å². The third-order valence-electron chi connectivity index (χ3n) is 4.02. The highest BCUT2D eigenvalue weighted by Gasteiger charge is 2.21. The standard InChI is InChI=1S/C15H19N3O/c1-11-5-7-12(8-6-11)17-15(19)13-10-16-18-9-3-2-4-14(13)18/h2-4,9-12H,5-8H2,1H3,(H,17,19). The summed E-state index contributed by atoms with van der Waals surface area (Å²) in [6.07, 6.45) is 8.10. The highest BCUT2D eigenvalue weighted by molar-refractivity contribution is 6.00. The monoisotopic (exact) mass is 257 g/mol. The average molecular weight is 257 g/mol. The van der Waals surface area contributed by atoms with Crippen molar-refractivity contribution >= 4 is 11.4 Å². The maximum atomic E-state index is 12.3. The van der Waals surface area contributed by atoms with E-state index in [1.807, 2.05) is 24.4 Å². The topological polar surface area (TPSA) is 46.4 Å². The number of hydrogen-bond acceptors (Lipinski definition) is 2. The first-order valence-corrected chi connectivity index (χ1v) is 6.97. The quantitative estimate of drug-likeness (QED) is 0.899. The Balaban J connectivity index is 1.73. The Morgan fingerprint density at radius 3 is 2.89 bits per heavy atom. The summed E-state index contributed by atoms with van der Waals surface area (Å²) in [7, 11) is 0. The van der Waals surface area contributed by atoms with Crippen LogP contribution in [0.4, 0.5) is 0 Å². The molecule has 2 aromatic rings. The molecular weight excluding hydrogens is 238 g/mol. The van der Waals surface area contributed by atoms with E-state index in [0.29, 0.717) is 11.6 Å². The zero-order chi connectivity index (χ0) is 13.2. The normalized spacial score (nSPS) is 23.4. The molecule has 0 saturated heterocycles. The maximum absolute atomic E-state index is 12.3. The molecule has 0 aliphatic heterocycles. The Bertz CT molecular complexity index is 582. The van der Waals surface area contributed by atoms with Crippen LogP contribution in [0, 0.1) is 5.92 Å². The van der Waals surface area contributed by atoms with Crippen LogP contribution in [0.1, 0.15) is 43.0 Å². The first kappa shape index (κ1) is 12.2. The van der Waals surface area contributed by atoms with Crippen molar-refractivity contribution in [3.63, 3.8) is 0 Å². The van der Waals surface area contributed by atoms with E-state index in [9.17, 15) is 4.79 Å². The van der Waals surface area contributed by atoms with E-state index in [-0.39, 0.29) is 5.91 Å². The lowest BCUT2D eigenvalue weighted by Gasteiger charge is -2.26. The number of carbonyl (C=O) groups excluding carboxylic acids is 1. The smallest absolute Gasteiger partial charge is 0.255 e. The molecule has 4 nitrogen and oxygen atoms in total. The van der Waals surface area contributed by atoms with Gasteiger partial charge >= 0.3 is 0 Å². The Labute approximate surface area is 112 Å². The second-order valence-corrected chi connectivity index (χ2v) is 5.52. The number of fused-ring (bicyclic) bond motifs is 1. The van der Waals surface area contributed by atoms with Crippen molar-refractivity contribution in [1.82, 2.24) is 14.9 Å². The number of hydrogen-bond donors (Lipinski definition) is 1. The molecule has 0 bridgehead atoms. The van der Waals surface area contributed by atoms with E-state index in [1.165, 1.54) is 12.8 Å². The van der Waals surface area contributed by atoms with Gasteiger partial charge < -0.3 is 5.32 Å². The largest absolute Gasteiger partial charge is 0.349 e. The van der Waals surface area contributed by atoms with E-state index in [0.717, 1.165) is 24.3 Å². The number of aromatic nitrogens is 2. The first-order chi connectivity index (χ1) is 9.24. The van der Waals surface area contributed by atoms with Crippen LogP contribution in [-0.2, 0) is 0 Å². The SMILES string of the molecule is CC1CCC(NC(=O)c2cnn3ccccc23)CC1. The van der Waals surface area contributed by atoms with Gasteiger partial charge in [0.15, 0.2) is 0 Å². The number of carbonyl (C=O) groups is 1. The Hall–Kier alpha value is -1.84. The fraction of sp³-hybridized carbons (Fsp3) is 0.467. The molecular formula is C15H19N3O. The molecule has 1 N–H and O–H groups in total. The van der Waals surface area contributed by atoms with Gasteiger partial charge in [-0.3, -0.25) is 4.79 Å². The number of rotatable bonds is 2. The van der Waals surface area contributed by atoms with Crippen LogP contribution in [0.15, 0.2) is 30.6 Å². The van der Waals surface area contributed by atoms with Crippen LogP contribution in [0.25, 0.3) is 5.52 Å². The highest BCUT2D eigenvalue weighted by Crippen LogP contribution is 2.23. The van der Waals surface area contributed by atoms with Crippen molar-refractivity contribution in [1.29, 1.82) is 0 Å². The van der Waals surface area contributed by atoms with Crippen LogP contribution in [0.3, 0.4) is 0 Å². The third-order valence-corrected chi connectivity index (χ3v) is 4.02. The summed E-state index contributed by atoms with van der Waals surface area (Å²) in [6.45, 7) is 2.28. The third kappa shape index (κ3) is 2.48. The molecule has 1 amide bonds. The summed E-state index contributed by atoms with van der Waals surface area (Å²) < 4.78 is 1.73. The summed E-state index contributed by atoms with van der Waals surface area (Å²) in [5.74, 6) is 0.797. The molecule has 4 heteroatoms. The van der Waals surface area contributed by atoms with Gasteiger partial charge in [-0.25, -0.2) is 4.52 Å². The van der Waals surface area contributed by atoms with Crippen molar-refractivity contribution in [2.75, 3.05) is 0 Å². The Morgan fingerprint density at radius 1 is 1.32 bits per heavy atom. The average Bonchev–Trinajstić information content (AvgIpc) is 2.85. The van der Waals surface area contributed by atoms with Crippen LogP contribution < -0.4 is 5.32 Å². The lowest BCUT2D eigenvalue weighted by Crippen LogP contribution is -2.37. The molecule has 100 valence electrons. The minimum Gasteiger partial charge on any atom is -0.349 e. The van der Waals surface area contributed by atoms with Crippen molar-refractivity contribution in [3.05, 3.63) is 36.2 Å². The van der Waals surface area contributed by atoms with Gasteiger partial charge in [-0.2, -0.15) is 5.10 Å². The minimum atomic E-state index is 0.000697. The minimum absolute atomic E-state index is 0.000697. The fourth-order valence-electron chi connectivity index (χ4n) is 2.78. The van der Waals surface area contributed by atoms with Crippen LogP contribution in [-0.4, -0.2) is 21.6 Å². The van der Waals surface area contributed by atoms with E-state index in [4.69, 9.17) is 0 Å². The van der Waals surface area contributed by atoms with Crippen molar-refractivity contribution in [3.8, 4) is 0 Å².